The highest BCUT2D eigenvalue weighted by Crippen LogP contribution is 2.55. The van der Waals surface area contributed by atoms with E-state index < -0.39 is 66.4 Å². The predicted octanol–water partition coefficient (Wildman–Crippen LogP) is 14.3. The first-order valence-corrected chi connectivity index (χ1v) is 42.6. The molecule has 5 unspecified atom stereocenters. The van der Waals surface area contributed by atoms with Crippen molar-refractivity contribution in [1.82, 2.24) is 24.0 Å². The van der Waals surface area contributed by atoms with E-state index in [1.165, 1.54) is 44.9 Å². The summed E-state index contributed by atoms with van der Waals surface area (Å²) in [6.45, 7) is 36.5. The van der Waals surface area contributed by atoms with Crippen LogP contribution < -0.4 is 35.8 Å². The van der Waals surface area contributed by atoms with Gasteiger partial charge in [0.15, 0.2) is 43.6 Å². The smallest absolute Gasteiger partial charge is 0.303 e. The molecule has 0 saturated carbocycles. The Kier molecular flexibility index (Phi) is 29.2. The number of pyridine rings is 4. The van der Waals surface area contributed by atoms with Crippen LogP contribution in [0.2, 0.25) is 18.1 Å². The van der Waals surface area contributed by atoms with Gasteiger partial charge in [-0.3, -0.25) is 43.3 Å². The number of ketones is 2. The number of ether oxygens (including phenoxy) is 9. The number of rotatable bonds is 17. The number of nitrogens with one attached hydrogen (secondary N) is 1. The monoisotopic (exact) mass is 1760 g/mol. The maximum absolute atomic E-state index is 13.8. The number of aromatic nitrogens is 4. The lowest BCUT2D eigenvalue weighted by Gasteiger charge is -2.49. The molecular formula is C82H102Br3F2N5O19Si. The third kappa shape index (κ3) is 18.2. The van der Waals surface area contributed by atoms with Crippen LogP contribution in [-0.4, -0.2) is 142 Å². The summed E-state index contributed by atoms with van der Waals surface area (Å²) in [7, 11) is 2.48. The second kappa shape index (κ2) is 36.9. The summed E-state index contributed by atoms with van der Waals surface area (Å²) in [5, 5.41) is 13.0. The number of carbonyl (C=O) groups is 5. The second-order valence-electron chi connectivity index (χ2n) is 31.0. The topological polar surface area (TPSA) is 289 Å². The number of esters is 2. The first-order valence-electron chi connectivity index (χ1n) is 37.3. The van der Waals surface area contributed by atoms with Crippen molar-refractivity contribution in [3.05, 3.63) is 188 Å². The van der Waals surface area contributed by atoms with Gasteiger partial charge >= 0.3 is 11.9 Å². The minimum Gasteiger partial charge on any atom is -0.503 e. The Bertz CT molecular complexity index is 4620. The van der Waals surface area contributed by atoms with Crippen molar-refractivity contribution in [2.75, 3.05) is 80.8 Å². The van der Waals surface area contributed by atoms with E-state index in [2.05, 4.69) is 112 Å². The summed E-state index contributed by atoms with van der Waals surface area (Å²) in [4.78, 5) is 105. The Balaban J connectivity index is 0.000000173. The van der Waals surface area contributed by atoms with Crippen LogP contribution in [0.5, 0.6) is 23.0 Å². The Morgan fingerprint density at radius 2 is 1.27 bits per heavy atom. The molecule has 1 aromatic carbocycles. The number of benzene rings is 1. The number of aromatic hydroxyl groups is 1. The molecule has 4 fully saturated rings. The number of halogens is 5. The van der Waals surface area contributed by atoms with E-state index in [1.54, 1.807) is 44.8 Å². The number of nitrogens with zero attached hydrogens (tertiary/aromatic N) is 4. The van der Waals surface area contributed by atoms with Crippen molar-refractivity contribution in [2.24, 2.45) is 39.4 Å². The highest BCUT2D eigenvalue weighted by molar-refractivity contribution is 9.11. The molecule has 112 heavy (non-hydrogen) atoms. The summed E-state index contributed by atoms with van der Waals surface area (Å²) in [5.41, 5.74) is -0.194. The van der Waals surface area contributed by atoms with E-state index in [4.69, 9.17) is 47.1 Å². The van der Waals surface area contributed by atoms with Crippen LogP contribution in [0, 0.1) is 58.0 Å². The molecule has 11 heterocycles. The molecular weight excluding hydrogens is 1660 g/mol. The number of hydrogen-bond acceptors (Lipinski definition) is 20. The van der Waals surface area contributed by atoms with Crippen LogP contribution in [0.3, 0.4) is 0 Å². The molecule has 4 saturated heterocycles. The molecule has 7 aliphatic heterocycles. The van der Waals surface area contributed by atoms with E-state index in [9.17, 15) is 52.2 Å². The van der Waals surface area contributed by atoms with Gasteiger partial charge in [0, 0.05) is 191 Å². The van der Waals surface area contributed by atoms with Gasteiger partial charge < -0.3 is 71.2 Å². The van der Waals surface area contributed by atoms with E-state index in [0.717, 1.165) is 54.6 Å². The van der Waals surface area contributed by atoms with Gasteiger partial charge in [-0.2, -0.15) is 0 Å². The highest BCUT2D eigenvalue weighted by Gasteiger charge is 2.53. The zero-order valence-electron chi connectivity index (χ0n) is 65.7. The lowest BCUT2D eigenvalue weighted by atomic mass is 9.65. The van der Waals surface area contributed by atoms with Gasteiger partial charge in [-0.1, -0.05) is 51.1 Å². The lowest BCUT2D eigenvalue weighted by molar-refractivity contribution is -0.157. The van der Waals surface area contributed by atoms with Crippen molar-refractivity contribution in [1.29, 1.82) is 0 Å². The Labute approximate surface area is 677 Å². The van der Waals surface area contributed by atoms with Gasteiger partial charge in [0.25, 0.3) is 5.91 Å². The summed E-state index contributed by atoms with van der Waals surface area (Å²) in [5.74, 6) is -4.26. The van der Waals surface area contributed by atoms with Crippen molar-refractivity contribution in [2.45, 2.75) is 156 Å². The lowest BCUT2D eigenvalue weighted by Crippen LogP contribution is -2.49. The Morgan fingerprint density at radius 3 is 1.79 bits per heavy atom. The van der Waals surface area contributed by atoms with Gasteiger partial charge in [0.2, 0.25) is 22.1 Å². The number of Topliss-reactive ketones (excluding diaryl/α,β-unsaturated/α-hetero) is 2. The van der Waals surface area contributed by atoms with Gasteiger partial charge in [-0.25, -0.2) is 8.78 Å². The molecule has 608 valence electrons. The SMILES string of the molecule is C/C=C1\C(=O)c2c(O)c(=O)c(C(=O)NCc3ccc(F)cc3F)cn2CC12CCOCC2.C=CC(C(OC(C)=O)c1ncc(Br)c(C)c1OC)C1(CO[Si](C)(C)C(C)(C)C)CCOCC1.C=CC1C(=O)c2c(OC)c(=O)c(Br)cn2CC12CCOCC2.C=CC1C(OC(C)=O)c2c(OC)c(=O)c(Br)cn2CC12CCOCC2. The first kappa shape index (κ1) is 88.4. The Hall–Kier alpha value is -7.55. The van der Waals surface area contributed by atoms with Crippen LogP contribution in [0.15, 0.2) is 120 Å². The van der Waals surface area contributed by atoms with Crippen molar-refractivity contribution >= 4 is 85.5 Å². The minimum atomic E-state index is -2.00. The number of allylic oxidation sites excluding steroid dienone is 3. The third-order valence-corrected chi connectivity index (χ3v) is 30.0. The summed E-state index contributed by atoms with van der Waals surface area (Å²) >= 11 is 10.1. The van der Waals surface area contributed by atoms with Crippen molar-refractivity contribution < 1.29 is 84.9 Å². The number of amides is 1. The third-order valence-electron chi connectivity index (χ3n) is 23.6. The van der Waals surface area contributed by atoms with E-state index in [0.29, 0.717) is 135 Å². The maximum atomic E-state index is 13.8. The molecule has 3 spiro atoms. The van der Waals surface area contributed by atoms with Crippen LogP contribution >= 0.6 is 47.8 Å². The largest absolute Gasteiger partial charge is 0.503 e. The van der Waals surface area contributed by atoms with Crippen LogP contribution in [0.4, 0.5) is 8.78 Å². The number of hydrogen-bond donors (Lipinski definition) is 2. The van der Waals surface area contributed by atoms with E-state index in [-0.39, 0.29) is 96.5 Å². The van der Waals surface area contributed by atoms with Crippen molar-refractivity contribution in [3.63, 3.8) is 0 Å². The predicted molar refractivity (Wildman–Crippen MR) is 429 cm³/mol. The fourth-order valence-electron chi connectivity index (χ4n) is 16.4. The summed E-state index contributed by atoms with van der Waals surface area (Å²) in [6, 6.07) is 2.94. The zero-order chi connectivity index (χ0) is 82.2. The standard InChI is InChI=1S/C25H40BrNO5Si.C23H22F2N2O5.C18H22BrNO5.C16H18BrNO4/c1-10-19(23(32-18(3)28)21-22(29-7)17(2)20(26)15-27-21)25(11-13-30-14-12-25)16-31-33(8,9)24(4,5)6;1-2-16-20(29)18-21(30)19(28)15(11-27(18)12-23(16)5-7-32-8-6-23)22(31)26-10-13-3-4-14(24)9-17(13)25;1-4-12-16(25-11(2)21)14-17(23-3)15(22)13(19)9-20(14)10-18(12)5-7-24-8-6-18;1-3-10-13(19)12-15(21-2)14(20)11(17)8-18(12)9-16(10)4-6-22-7-5-16/h10,15,19,23H,1,11-14,16H2,2-9H3;2-4,9,11,30H,5-8,10,12H2,1H3,(H,26,31);4,9,12,16H,1,5-8,10H2,2-3H3;3,8,10H,1,4-7,9H2,2H3/b;16-2+;;. The molecule has 0 radical (unpaired) electrons. The molecule has 0 bridgehead atoms. The molecule has 5 aromatic rings. The fourth-order valence-corrected chi connectivity index (χ4v) is 18.6. The van der Waals surface area contributed by atoms with Crippen LogP contribution in [-0.2, 0) is 68.6 Å². The van der Waals surface area contributed by atoms with E-state index in [1.807, 2.05) is 28.2 Å². The summed E-state index contributed by atoms with van der Waals surface area (Å²) in [6.07, 6.45) is 18.4. The molecule has 7 aliphatic rings. The second-order valence-corrected chi connectivity index (χ2v) is 38.4. The number of carbonyl (C=O) groups excluding carboxylic acids is 5. The van der Waals surface area contributed by atoms with Crippen LogP contribution in [0.25, 0.3) is 0 Å². The first-order chi connectivity index (χ1) is 53.0. The molecule has 4 aromatic heterocycles. The molecule has 12 rings (SSSR count). The Morgan fingerprint density at radius 1 is 0.723 bits per heavy atom. The molecule has 5 atom stereocenters. The molecule has 2 N–H and O–H groups in total. The quantitative estimate of drug-likeness (QED) is 0.0378. The zero-order valence-corrected chi connectivity index (χ0v) is 71.4. The van der Waals surface area contributed by atoms with Gasteiger partial charge in [0.05, 0.1) is 30.3 Å². The number of methoxy groups -OCH3 is 3. The number of fused-ring (bicyclic) bond motifs is 3. The average molecular weight is 1770 g/mol. The van der Waals surface area contributed by atoms with Gasteiger partial charge in [-0.15, -0.1) is 19.7 Å². The summed E-state index contributed by atoms with van der Waals surface area (Å²) < 4.78 is 90.7. The van der Waals surface area contributed by atoms with Gasteiger partial charge in [-0.05, 0) is 137 Å². The highest BCUT2D eigenvalue weighted by atomic mass is 79.9. The molecule has 1 amide bonds. The molecule has 24 nitrogen and oxygen atoms in total. The molecule has 30 heteroatoms. The maximum Gasteiger partial charge on any atom is 0.303 e. The minimum absolute atomic E-state index is 0.0381. The van der Waals surface area contributed by atoms with Crippen LogP contribution in [0.1, 0.15) is 159 Å². The van der Waals surface area contributed by atoms with Gasteiger partial charge in [0.1, 0.15) is 45.7 Å². The molecule has 0 aliphatic carbocycles. The normalized spacial score (nSPS) is 20.7. The fraction of sp³-hybridized carbons (Fsp3) is 0.524. The average Bonchev–Trinajstić information content (AvgIpc) is 0.741. The van der Waals surface area contributed by atoms with E-state index >= 15 is 0 Å². The van der Waals surface area contributed by atoms with Crippen molar-refractivity contribution in [3.8, 4) is 23.0 Å².